The lowest BCUT2D eigenvalue weighted by molar-refractivity contribution is 0.434. The quantitative estimate of drug-likeness (QED) is 0.728. The molecule has 0 bridgehead atoms. The molecule has 2 aromatic carbocycles. The average Bonchev–Trinajstić information content (AvgIpc) is 2.45. The van der Waals surface area contributed by atoms with Gasteiger partial charge >= 0.3 is 0 Å². The highest BCUT2D eigenvalue weighted by Gasteiger charge is 2.16. The van der Waals surface area contributed by atoms with Gasteiger partial charge in [0.2, 0.25) is 0 Å². The second-order valence-electron chi connectivity index (χ2n) is 5.64. The third kappa shape index (κ3) is 2.37. The van der Waals surface area contributed by atoms with Gasteiger partial charge in [-0.05, 0) is 47.2 Å². The molecule has 0 aliphatic rings. The predicted molar refractivity (Wildman–Crippen MR) is 84.6 cm³/mol. The number of rotatable bonds is 2. The van der Waals surface area contributed by atoms with Gasteiger partial charge in [0.25, 0.3) is 0 Å². The van der Waals surface area contributed by atoms with Crippen LogP contribution in [0.3, 0.4) is 0 Å². The Kier molecular flexibility index (Phi) is 3.45. The first-order chi connectivity index (χ1) is 10.5. The van der Waals surface area contributed by atoms with Crippen LogP contribution < -0.4 is 0 Å². The van der Waals surface area contributed by atoms with Crippen molar-refractivity contribution in [2.45, 2.75) is 19.8 Å². The Morgan fingerprint density at radius 3 is 2.32 bits per heavy atom. The molecule has 22 heavy (non-hydrogen) atoms. The Labute approximate surface area is 127 Å². The van der Waals surface area contributed by atoms with Crippen molar-refractivity contribution in [1.29, 1.82) is 0 Å². The van der Waals surface area contributed by atoms with Crippen LogP contribution in [0.25, 0.3) is 21.9 Å². The Balaban J connectivity index is 2.21. The van der Waals surface area contributed by atoms with E-state index < -0.39 is 5.82 Å². The van der Waals surface area contributed by atoms with Crippen LogP contribution >= 0.6 is 0 Å². The minimum Gasteiger partial charge on any atom is -0.507 e. The molecule has 2 N–H and O–H groups in total. The van der Waals surface area contributed by atoms with Gasteiger partial charge in [-0.1, -0.05) is 13.8 Å². The second kappa shape index (κ2) is 5.30. The van der Waals surface area contributed by atoms with Crippen molar-refractivity contribution < 1.29 is 14.6 Å². The van der Waals surface area contributed by atoms with Crippen LogP contribution in [0.1, 0.15) is 25.3 Å². The number of aromatic hydroxyl groups is 2. The van der Waals surface area contributed by atoms with E-state index in [9.17, 15) is 14.6 Å². The molecule has 0 aliphatic carbocycles. The van der Waals surface area contributed by atoms with Crippen molar-refractivity contribution in [2.24, 2.45) is 0 Å². The SMILES string of the molecule is CC(C)c1c(O)cc(-c2cc3cnccc3cc2F)cc1O. The van der Waals surface area contributed by atoms with Crippen molar-refractivity contribution in [1.82, 2.24) is 4.98 Å². The molecule has 0 unspecified atom stereocenters. The lowest BCUT2D eigenvalue weighted by Gasteiger charge is -2.13. The monoisotopic (exact) mass is 297 g/mol. The molecule has 0 atom stereocenters. The number of phenols is 2. The van der Waals surface area contributed by atoms with Crippen LogP contribution in [0.2, 0.25) is 0 Å². The van der Waals surface area contributed by atoms with Gasteiger partial charge in [-0.25, -0.2) is 4.39 Å². The summed E-state index contributed by atoms with van der Waals surface area (Å²) in [6, 6.07) is 7.79. The number of aromatic nitrogens is 1. The van der Waals surface area contributed by atoms with Crippen LogP contribution in [0, 0.1) is 5.82 Å². The van der Waals surface area contributed by atoms with E-state index in [1.807, 2.05) is 13.8 Å². The molecule has 3 rings (SSSR count). The zero-order chi connectivity index (χ0) is 15.9. The first-order valence-corrected chi connectivity index (χ1v) is 7.07. The second-order valence-corrected chi connectivity index (χ2v) is 5.64. The molecule has 1 aromatic heterocycles. The molecule has 0 radical (unpaired) electrons. The van der Waals surface area contributed by atoms with E-state index >= 15 is 0 Å². The molecule has 0 spiro atoms. The summed E-state index contributed by atoms with van der Waals surface area (Å²) in [5, 5.41) is 21.8. The van der Waals surface area contributed by atoms with E-state index in [-0.39, 0.29) is 17.4 Å². The van der Waals surface area contributed by atoms with E-state index in [1.165, 1.54) is 18.2 Å². The standard InChI is InChI=1S/C18H16FNO2/c1-10(2)18-16(21)7-12(8-17(18)22)14-5-13-9-20-4-3-11(13)6-15(14)19/h3-10,21-22H,1-2H3. The van der Waals surface area contributed by atoms with E-state index in [0.717, 1.165) is 10.8 Å². The maximum atomic E-state index is 14.3. The smallest absolute Gasteiger partial charge is 0.131 e. The van der Waals surface area contributed by atoms with E-state index in [2.05, 4.69) is 4.98 Å². The van der Waals surface area contributed by atoms with E-state index in [1.54, 1.807) is 24.5 Å². The highest BCUT2D eigenvalue weighted by Crippen LogP contribution is 2.39. The first kappa shape index (κ1) is 14.3. The summed E-state index contributed by atoms with van der Waals surface area (Å²) >= 11 is 0. The molecule has 1 heterocycles. The highest BCUT2D eigenvalue weighted by atomic mass is 19.1. The largest absolute Gasteiger partial charge is 0.507 e. The molecule has 3 nitrogen and oxygen atoms in total. The van der Waals surface area contributed by atoms with Crippen LogP contribution in [0.4, 0.5) is 4.39 Å². The third-order valence-corrected chi connectivity index (χ3v) is 3.75. The summed E-state index contributed by atoms with van der Waals surface area (Å²) in [5.74, 6) is -0.499. The average molecular weight is 297 g/mol. The topological polar surface area (TPSA) is 53.4 Å². The lowest BCUT2D eigenvalue weighted by Crippen LogP contribution is -1.92. The molecule has 112 valence electrons. The number of benzene rings is 2. The molecular formula is C18H16FNO2. The Morgan fingerprint density at radius 1 is 1.00 bits per heavy atom. The molecule has 4 heteroatoms. The number of hydrogen-bond acceptors (Lipinski definition) is 3. The van der Waals surface area contributed by atoms with Crippen LogP contribution in [0.5, 0.6) is 11.5 Å². The van der Waals surface area contributed by atoms with Crippen molar-refractivity contribution in [3.63, 3.8) is 0 Å². The van der Waals surface area contributed by atoms with Gasteiger partial charge in [-0.15, -0.1) is 0 Å². The molecule has 0 saturated carbocycles. The molecule has 0 saturated heterocycles. The zero-order valence-electron chi connectivity index (χ0n) is 12.3. The minimum absolute atomic E-state index is 0.0281. The first-order valence-electron chi connectivity index (χ1n) is 7.07. The Morgan fingerprint density at radius 2 is 1.68 bits per heavy atom. The number of nitrogens with zero attached hydrogens (tertiary/aromatic N) is 1. The van der Waals surface area contributed by atoms with E-state index in [0.29, 0.717) is 16.7 Å². The van der Waals surface area contributed by atoms with Gasteiger partial charge in [0, 0.05) is 28.9 Å². The maximum absolute atomic E-state index is 14.3. The van der Waals surface area contributed by atoms with Gasteiger partial charge in [-0.2, -0.15) is 0 Å². The number of phenolic OH excluding ortho intramolecular Hbond substituents is 2. The lowest BCUT2D eigenvalue weighted by atomic mass is 9.95. The minimum atomic E-state index is -0.408. The molecule has 0 amide bonds. The number of halogens is 1. The Bertz CT molecular complexity index is 836. The fourth-order valence-electron chi connectivity index (χ4n) is 2.70. The van der Waals surface area contributed by atoms with Crippen molar-refractivity contribution >= 4 is 10.8 Å². The summed E-state index contributed by atoms with van der Waals surface area (Å²) in [6.07, 6.45) is 3.26. The van der Waals surface area contributed by atoms with Crippen LogP contribution in [-0.4, -0.2) is 15.2 Å². The number of pyridine rings is 1. The van der Waals surface area contributed by atoms with Gasteiger partial charge in [-0.3, -0.25) is 4.98 Å². The summed E-state index contributed by atoms with van der Waals surface area (Å²) in [5.41, 5.74) is 1.22. The molecule has 0 aliphatic heterocycles. The summed E-state index contributed by atoms with van der Waals surface area (Å²) in [4.78, 5) is 4.03. The highest BCUT2D eigenvalue weighted by molar-refractivity contribution is 5.87. The van der Waals surface area contributed by atoms with Crippen molar-refractivity contribution in [3.05, 3.63) is 54.1 Å². The predicted octanol–water partition coefficient (Wildman–Crippen LogP) is 4.58. The van der Waals surface area contributed by atoms with Crippen molar-refractivity contribution in [2.75, 3.05) is 0 Å². The molecule has 0 fully saturated rings. The molecular weight excluding hydrogens is 281 g/mol. The van der Waals surface area contributed by atoms with Crippen LogP contribution in [0.15, 0.2) is 42.7 Å². The van der Waals surface area contributed by atoms with E-state index in [4.69, 9.17) is 0 Å². The maximum Gasteiger partial charge on any atom is 0.131 e. The summed E-state index contributed by atoms with van der Waals surface area (Å²) in [7, 11) is 0. The van der Waals surface area contributed by atoms with Gasteiger partial charge in [0.1, 0.15) is 17.3 Å². The van der Waals surface area contributed by atoms with Gasteiger partial charge in [0.15, 0.2) is 0 Å². The molecule has 3 aromatic rings. The van der Waals surface area contributed by atoms with Gasteiger partial charge < -0.3 is 10.2 Å². The summed E-state index contributed by atoms with van der Waals surface area (Å²) < 4.78 is 14.3. The van der Waals surface area contributed by atoms with Crippen molar-refractivity contribution in [3.8, 4) is 22.6 Å². The Hall–Kier alpha value is -2.62. The summed E-state index contributed by atoms with van der Waals surface area (Å²) in [6.45, 7) is 3.74. The van der Waals surface area contributed by atoms with Crippen LogP contribution in [-0.2, 0) is 0 Å². The number of fused-ring (bicyclic) bond motifs is 1. The fraction of sp³-hybridized carbons (Fsp3) is 0.167. The zero-order valence-corrected chi connectivity index (χ0v) is 12.3. The fourth-order valence-corrected chi connectivity index (χ4v) is 2.70. The number of hydrogen-bond donors (Lipinski definition) is 2. The normalized spacial score (nSPS) is 11.3. The third-order valence-electron chi connectivity index (χ3n) is 3.75. The van der Waals surface area contributed by atoms with Gasteiger partial charge in [0.05, 0.1) is 0 Å².